The fraction of sp³-hybridized carbons (Fsp3) is 0.350. The van der Waals surface area contributed by atoms with Crippen molar-refractivity contribution < 1.29 is 9.59 Å². The molecule has 0 unspecified atom stereocenters. The molecule has 0 atom stereocenters. The van der Waals surface area contributed by atoms with Crippen LogP contribution in [0.3, 0.4) is 0 Å². The Labute approximate surface area is 153 Å². The fourth-order valence-electron chi connectivity index (χ4n) is 3.20. The molecule has 136 valence electrons. The summed E-state index contributed by atoms with van der Waals surface area (Å²) in [5, 5.41) is 5.79. The number of aryl methyl sites for hydroxylation is 1. The number of nitrogens with zero attached hydrogens (tertiary/aromatic N) is 1. The molecule has 1 aliphatic rings. The number of pyridine rings is 1. The number of anilines is 2. The normalized spacial score (nSPS) is 15.9. The summed E-state index contributed by atoms with van der Waals surface area (Å²) in [6.07, 6.45) is 7.64. The lowest BCUT2D eigenvalue weighted by atomic mass is 9.82. The molecule has 1 saturated carbocycles. The fourth-order valence-corrected chi connectivity index (χ4v) is 3.20. The van der Waals surface area contributed by atoms with Gasteiger partial charge in [0.1, 0.15) is 0 Å². The SMILES string of the molecule is Cc1ccc(NC(=O)C2(N)CCCCC2)cc1NC(=O)c1ccncc1. The highest BCUT2D eigenvalue weighted by Crippen LogP contribution is 2.28. The van der Waals surface area contributed by atoms with Crippen molar-refractivity contribution in [1.29, 1.82) is 0 Å². The Bertz CT molecular complexity index is 799. The van der Waals surface area contributed by atoms with Crippen molar-refractivity contribution in [3.05, 3.63) is 53.9 Å². The molecule has 0 radical (unpaired) electrons. The maximum Gasteiger partial charge on any atom is 0.255 e. The molecule has 6 heteroatoms. The smallest absolute Gasteiger partial charge is 0.255 e. The van der Waals surface area contributed by atoms with E-state index < -0.39 is 5.54 Å². The summed E-state index contributed by atoms with van der Waals surface area (Å²) in [6, 6.07) is 8.75. The van der Waals surface area contributed by atoms with Crippen LogP contribution in [-0.4, -0.2) is 22.3 Å². The summed E-state index contributed by atoms with van der Waals surface area (Å²) < 4.78 is 0. The molecule has 1 fully saturated rings. The van der Waals surface area contributed by atoms with E-state index >= 15 is 0 Å². The molecule has 6 nitrogen and oxygen atoms in total. The van der Waals surface area contributed by atoms with E-state index in [9.17, 15) is 9.59 Å². The van der Waals surface area contributed by atoms with Crippen LogP contribution in [-0.2, 0) is 4.79 Å². The van der Waals surface area contributed by atoms with Gasteiger partial charge in [0.25, 0.3) is 5.91 Å². The number of carbonyl (C=O) groups is 2. The lowest BCUT2D eigenvalue weighted by Crippen LogP contribution is -2.52. The van der Waals surface area contributed by atoms with Crippen LogP contribution in [0.4, 0.5) is 11.4 Å². The lowest BCUT2D eigenvalue weighted by molar-refractivity contribution is -0.122. The van der Waals surface area contributed by atoms with Gasteiger partial charge < -0.3 is 16.4 Å². The summed E-state index contributed by atoms with van der Waals surface area (Å²) >= 11 is 0. The number of rotatable bonds is 4. The Hall–Kier alpha value is -2.73. The average molecular weight is 352 g/mol. The minimum absolute atomic E-state index is 0.160. The van der Waals surface area contributed by atoms with Gasteiger partial charge >= 0.3 is 0 Å². The highest BCUT2D eigenvalue weighted by Gasteiger charge is 2.35. The summed E-state index contributed by atoms with van der Waals surface area (Å²) in [5.74, 6) is -0.381. The van der Waals surface area contributed by atoms with Crippen molar-refractivity contribution >= 4 is 23.2 Å². The molecule has 2 amide bonds. The van der Waals surface area contributed by atoms with Crippen molar-refractivity contribution in [3.8, 4) is 0 Å². The third-order valence-corrected chi connectivity index (χ3v) is 4.88. The highest BCUT2D eigenvalue weighted by atomic mass is 16.2. The van der Waals surface area contributed by atoms with E-state index in [1.165, 1.54) is 0 Å². The van der Waals surface area contributed by atoms with Crippen LogP contribution in [0.15, 0.2) is 42.7 Å². The first-order valence-electron chi connectivity index (χ1n) is 8.90. The Morgan fingerprint density at radius 2 is 1.73 bits per heavy atom. The molecule has 0 spiro atoms. The van der Waals surface area contributed by atoms with Crippen molar-refractivity contribution in [2.24, 2.45) is 5.73 Å². The van der Waals surface area contributed by atoms with Gasteiger partial charge in [-0.2, -0.15) is 0 Å². The first kappa shape index (κ1) is 18.1. The van der Waals surface area contributed by atoms with Gasteiger partial charge in [-0.15, -0.1) is 0 Å². The van der Waals surface area contributed by atoms with Gasteiger partial charge in [-0.3, -0.25) is 14.6 Å². The van der Waals surface area contributed by atoms with Gasteiger partial charge in [0.2, 0.25) is 5.91 Å². The number of nitrogens with one attached hydrogen (secondary N) is 2. The maximum absolute atomic E-state index is 12.6. The van der Waals surface area contributed by atoms with Crippen molar-refractivity contribution in [2.75, 3.05) is 10.6 Å². The zero-order valence-corrected chi connectivity index (χ0v) is 14.9. The molecule has 0 aliphatic heterocycles. The zero-order chi connectivity index (χ0) is 18.6. The largest absolute Gasteiger partial charge is 0.324 e. The van der Waals surface area contributed by atoms with Crippen molar-refractivity contribution in [3.63, 3.8) is 0 Å². The Kier molecular flexibility index (Phi) is 5.32. The number of amides is 2. The molecule has 4 N–H and O–H groups in total. The minimum atomic E-state index is -0.802. The molecular weight excluding hydrogens is 328 g/mol. The monoisotopic (exact) mass is 352 g/mol. The van der Waals surface area contributed by atoms with E-state index in [1.54, 1.807) is 30.6 Å². The molecule has 26 heavy (non-hydrogen) atoms. The summed E-state index contributed by atoms with van der Waals surface area (Å²) in [7, 11) is 0. The molecule has 1 aromatic carbocycles. The Morgan fingerprint density at radius 1 is 1.04 bits per heavy atom. The molecule has 0 bridgehead atoms. The number of hydrogen-bond donors (Lipinski definition) is 3. The second-order valence-electron chi connectivity index (χ2n) is 6.89. The van der Waals surface area contributed by atoms with E-state index in [0.717, 1.165) is 24.8 Å². The zero-order valence-electron chi connectivity index (χ0n) is 14.9. The number of aromatic nitrogens is 1. The molecule has 1 aliphatic carbocycles. The summed E-state index contributed by atoms with van der Waals surface area (Å²) in [6.45, 7) is 1.90. The first-order valence-corrected chi connectivity index (χ1v) is 8.90. The maximum atomic E-state index is 12.6. The molecule has 2 aromatic rings. The van der Waals surface area contributed by atoms with Gasteiger partial charge in [-0.25, -0.2) is 0 Å². The minimum Gasteiger partial charge on any atom is -0.324 e. The molecule has 3 rings (SSSR count). The van der Waals surface area contributed by atoms with E-state index in [4.69, 9.17) is 5.73 Å². The number of nitrogens with two attached hydrogens (primary N) is 1. The topological polar surface area (TPSA) is 97.1 Å². The number of benzene rings is 1. The van der Waals surface area contributed by atoms with Gasteiger partial charge in [0, 0.05) is 29.3 Å². The van der Waals surface area contributed by atoms with Crippen LogP contribution in [0.2, 0.25) is 0 Å². The van der Waals surface area contributed by atoms with Crippen molar-refractivity contribution in [1.82, 2.24) is 4.98 Å². The van der Waals surface area contributed by atoms with E-state index in [-0.39, 0.29) is 11.8 Å². The average Bonchev–Trinajstić information content (AvgIpc) is 2.65. The Balaban J connectivity index is 1.73. The number of carbonyl (C=O) groups excluding carboxylic acids is 2. The van der Waals surface area contributed by atoms with Gasteiger partial charge in [0.15, 0.2) is 0 Å². The first-order chi connectivity index (χ1) is 12.5. The summed E-state index contributed by atoms with van der Waals surface area (Å²) in [5.41, 5.74) is 8.20. The van der Waals surface area contributed by atoms with Crippen LogP contribution in [0.1, 0.15) is 48.0 Å². The molecule has 0 saturated heterocycles. The van der Waals surface area contributed by atoms with Gasteiger partial charge in [-0.05, 0) is 49.6 Å². The van der Waals surface area contributed by atoms with Crippen molar-refractivity contribution in [2.45, 2.75) is 44.6 Å². The summed E-state index contributed by atoms with van der Waals surface area (Å²) in [4.78, 5) is 28.9. The van der Waals surface area contributed by atoms with E-state index in [0.29, 0.717) is 29.8 Å². The van der Waals surface area contributed by atoms with Crippen LogP contribution >= 0.6 is 0 Å². The predicted octanol–water partition coefficient (Wildman–Crippen LogP) is 3.24. The van der Waals surface area contributed by atoms with Crippen LogP contribution in [0.25, 0.3) is 0 Å². The van der Waals surface area contributed by atoms with E-state index in [1.807, 2.05) is 19.1 Å². The van der Waals surface area contributed by atoms with E-state index in [2.05, 4.69) is 15.6 Å². The van der Waals surface area contributed by atoms with Gasteiger partial charge in [0.05, 0.1) is 5.54 Å². The lowest BCUT2D eigenvalue weighted by Gasteiger charge is -2.31. The molecule has 1 heterocycles. The molecule has 1 aromatic heterocycles. The highest BCUT2D eigenvalue weighted by molar-refractivity contribution is 6.05. The van der Waals surface area contributed by atoms with Crippen LogP contribution in [0.5, 0.6) is 0 Å². The quantitative estimate of drug-likeness (QED) is 0.787. The second kappa shape index (κ2) is 7.66. The predicted molar refractivity (Wildman–Crippen MR) is 102 cm³/mol. The second-order valence-corrected chi connectivity index (χ2v) is 6.89. The van der Waals surface area contributed by atoms with Crippen LogP contribution in [0, 0.1) is 6.92 Å². The van der Waals surface area contributed by atoms with Gasteiger partial charge in [-0.1, -0.05) is 25.3 Å². The van der Waals surface area contributed by atoms with Crippen LogP contribution < -0.4 is 16.4 Å². The Morgan fingerprint density at radius 3 is 2.42 bits per heavy atom. The standard InChI is InChI=1S/C20H24N4O2/c1-14-5-6-16(23-19(26)20(21)9-3-2-4-10-20)13-17(14)24-18(25)15-7-11-22-12-8-15/h5-8,11-13H,2-4,9-10,21H2,1H3,(H,23,26)(H,24,25). The molecular formula is C20H24N4O2. The number of hydrogen-bond acceptors (Lipinski definition) is 4. The third-order valence-electron chi connectivity index (χ3n) is 4.88. The third kappa shape index (κ3) is 4.08.